The van der Waals surface area contributed by atoms with Crippen LogP contribution < -0.4 is 5.14 Å². The van der Waals surface area contributed by atoms with Crippen molar-refractivity contribution < 1.29 is 8.42 Å². The zero-order valence-electron chi connectivity index (χ0n) is 7.14. The van der Waals surface area contributed by atoms with E-state index in [9.17, 15) is 8.42 Å². The number of nitrogens with zero attached hydrogens (tertiary/aromatic N) is 2. The molecule has 0 spiro atoms. The first-order valence-electron chi connectivity index (χ1n) is 3.68. The van der Waals surface area contributed by atoms with Crippen molar-refractivity contribution in [1.29, 1.82) is 0 Å². The third-order valence-corrected chi connectivity index (χ3v) is 3.48. The lowest BCUT2D eigenvalue weighted by atomic mass is 10.4. The summed E-state index contributed by atoms with van der Waals surface area (Å²) in [5.74, 6) is 0.260. The van der Waals surface area contributed by atoms with Gasteiger partial charge in [-0.25, -0.2) is 18.7 Å². The number of sulfonamides is 1. The van der Waals surface area contributed by atoms with Crippen LogP contribution >= 0.6 is 22.9 Å². The molecule has 2 aromatic rings. The zero-order chi connectivity index (χ0) is 11.1. The first kappa shape index (κ1) is 10.6. The Morgan fingerprint density at radius 3 is 2.67 bits per heavy atom. The molecule has 0 unspecified atom stereocenters. The molecule has 3 N–H and O–H groups in total. The highest BCUT2D eigenvalue weighted by Gasteiger charge is 2.15. The minimum absolute atomic E-state index is 0.260. The Kier molecular flexibility index (Phi) is 2.51. The summed E-state index contributed by atoms with van der Waals surface area (Å²) in [6.07, 6.45) is 0. The first-order chi connectivity index (χ1) is 6.97. The molecule has 0 radical (unpaired) electrons. The van der Waals surface area contributed by atoms with Gasteiger partial charge in [-0.2, -0.15) is 10.1 Å². The SMILES string of the molecule is NS(=O)(=O)c1nc(-c2ccc(Cl)s2)n[nH]1. The highest BCUT2D eigenvalue weighted by atomic mass is 35.5. The number of thiophene rings is 1. The molecule has 0 aliphatic carbocycles. The van der Waals surface area contributed by atoms with E-state index in [1.54, 1.807) is 12.1 Å². The number of nitrogens with one attached hydrogen (secondary N) is 1. The van der Waals surface area contributed by atoms with Gasteiger partial charge < -0.3 is 0 Å². The maximum Gasteiger partial charge on any atom is 0.273 e. The molecule has 2 rings (SSSR count). The van der Waals surface area contributed by atoms with Crippen molar-refractivity contribution >= 4 is 33.0 Å². The molecule has 0 atom stereocenters. The van der Waals surface area contributed by atoms with Gasteiger partial charge in [-0.3, -0.25) is 0 Å². The van der Waals surface area contributed by atoms with Gasteiger partial charge in [-0.15, -0.1) is 11.3 Å². The van der Waals surface area contributed by atoms with E-state index in [0.717, 1.165) is 0 Å². The first-order valence-corrected chi connectivity index (χ1v) is 6.42. The fraction of sp³-hybridized carbons (Fsp3) is 0. The number of nitrogens with two attached hydrogens (primary N) is 1. The molecular weight excluding hydrogens is 260 g/mol. The molecule has 0 saturated carbocycles. The van der Waals surface area contributed by atoms with Gasteiger partial charge in [0.05, 0.1) is 9.21 Å². The van der Waals surface area contributed by atoms with Crippen molar-refractivity contribution in [2.45, 2.75) is 5.16 Å². The van der Waals surface area contributed by atoms with E-state index < -0.39 is 10.0 Å². The van der Waals surface area contributed by atoms with Crippen LogP contribution in [-0.4, -0.2) is 23.6 Å². The minimum Gasteiger partial charge on any atom is -0.248 e. The number of halogens is 1. The molecule has 2 heterocycles. The third kappa shape index (κ3) is 2.17. The van der Waals surface area contributed by atoms with E-state index in [2.05, 4.69) is 15.2 Å². The van der Waals surface area contributed by atoms with Gasteiger partial charge in [-0.05, 0) is 12.1 Å². The van der Waals surface area contributed by atoms with Crippen molar-refractivity contribution in [3.05, 3.63) is 16.5 Å². The standard InChI is InChI=1S/C6H5ClN4O2S2/c7-4-2-1-3(14-4)5-9-6(11-10-5)15(8,12)13/h1-2H,(H2,8,12,13)(H,9,10,11). The summed E-state index contributed by atoms with van der Waals surface area (Å²) >= 11 is 6.97. The van der Waals surface area contributed by atoms with Crippen molar-refractivity contribution in [2.75, 3.05) is 0 Å². The van der Waals surface area contributed by atoms with Crippen LogP contribution in [0.5, 0.6) is 0 Å². The maximum absolute atomic E-state index is 10.9. The predicted octanol–water partition coefficient (Wildman–Crippen LogP) is 0.834. The Morgan fingerprint density at radius 1 is 1.47 bits per heavy atom. The van der Waals surface area contributed by atoms with E-state index >= 15 is 0 Å². The second kappa shape index (κ2) is 3.56. The summed E-state index contributed by atoms with van der Waals surface area (Å²) in [5.41, 5.74) is 0. The van der Waals surface area contributed by atoms with Crippen molar-refractivity contribution in [3.8, 4) is 10.7 Å². The normalized spacial score (nSPS) is 11.9. The van der Waals surface area contributed by atoms with Crippen LogP contribution in [0.25, 0.3) is 10.7 Å². The molecule has 9 heteroatoms. The number of primary sulfonamides is 1. The molecule has 2 aromatic heterocycles. The second-order valence-electron chi connectivity index (χ2n) is 2.61. The van der Waals surface area contributed by atoms with Gasteiger partial charge in [0, 0.05) is 0 Å². The smallest absolute Gasteiger partial charge is 0.248 e. The van der Waals surface area contributed by atoms with Crippen LogP contribution in [0.15, 0.2) is 17.3 Å². The monoisotopic (exact) mass is 264 g/mol. The van der Waals surface area contributed by atoms with Crippen molar-refractivity contribution in [2.24, 2.45) is 5.14 Å². The summed E-state index contributed by atoms with van der Waals surface area (Å²) in [5, 5.41) is 10.5. The second-order valence-corrected chi connectivity index (χ2v) is 5.80. The van der Waals surface area contributed by atoms with Crippen LogP contribution in [0.3, 0.4) is 0 Å². The van der Waals surface area contributed by atoms with Crippen LogP contribution in [0.2, 0.25) is 4.34 Å². The number of aromatic nitrogens is 3. The van der Waals surface area contributed by atoms with Gasteiger partial charge in [0.2, 0.25) is 0 Å². The maximum atomic E-state index is 10.9. The van der Waals surface area contributed by atoms with E-state index in [1.165, 1.54) is 11.3 Å². The molecule has 15 heavy (non-hydrogen) atoms. The lowest BCUT2D eigenvalue weighted by Gasteiger charge is -1.86. The number of aromatic amines is 1. The number of H-pyrrole nitrogens is 1. The van der Waals surface area contributed by atoms with E-state index in [0.29, 0.717) is 9.21 Å². The van der Waals surface area contributed by atoms with Gasteiger partial charge >= 0.3 is 0 Å². The average Bonchev–Trinajstić information content (AvgIpc) is 2.69. The Labute approximate surface area is 94.1 Å². The summed E-state index contributed by atoms with van der Waals surface area (Å²) in [4.78, 5) is 4.41. The Morgan fingerprint density at radius 2 is 2.20 bits per heavy atom. The average molecular weight is 265 g/mol. The Hall–Kier alpha value is -0.960. The third-order valence-electron chi connectivity index (χ3n) is 1.53. The highest BCUT2D eigenvalue weighted by Crippen LogP contribution is 2.28. The predicted molar refractivity (Wildman–Crippen MR) is 56.1 cm³/mol. The lowest BCUT2D eigenvalue weighted by Crippen LogP contribution is -2.13. The Balaban J connectivity index is 2.44. The molecule has 80 valence electrons. The Bertz CT molecular complexity index is 588. The molecule has 6 nitrogen and oxygen atoms in total. The van der Waals surface area contributed by atoms with Crippen molar-refractivity contribution in [3.63, 3.8) is 0 Å². The highest BCUT2D eigenvalue weighted by molar-refractivity contribution is 7.89. The molecule has 0 aliphatic heterocycles. The summed E-state index contributed by atoms with van der Waals surface area (Å²) in [7, 11) is -3.84. The lowest BCUT2D eigenvalue weighted by molar-refractivity contribution is 0.589. The fourth-order valence-electron chi connectivity index (χ4n) is 0.919. The number of rotatable bonds is 2. The topological polar surface area (TPSA) is 102 Å². The van der Waals surface area contributed by atoms with Gasteiger partial charge in [0.15, 0.2) is 5.82 Å². The number of hydrogen-bond acceptors (Lipinski definition) is 5. The van der Waals surface area contributed by atoms with Crippen LogP contribution in [0.4, 0.5) is 0 Å². The van der Waals surface area contributed by atoms with E-state index in [1.807, 2.05) is 0 Å². The van der Waals surface area contributed by atoms with Gasteiger partial charge in [0.25, 0.3) is 15.2 Å². The summed E-state index contributed by atoms with van der Waals surface area (Å²) < 4.78 is 22.4. The molecule has 0 aromatic carbocycles. The molecule has 0 fully saturated rings. The molecule has 0 aliphatic rings. The van der Waals surface area contributed by atoms with Gasteiger partial charge in [-0.1, -0.05) is 11.6 Å². The largest absolute Gasteiger partial charge is 0.273 e. The van der Waals surface area contributed by atoms with Crippen LogP contribution in [-0.2, 0) is 10.0 Å². The minimum atomic E-state index is -3.84. The molecule has 0 amide bonds. The molecular formula is C6H5ClN4O2S2. The molecule has 0 saturated heterocycles. The summed E-state index contributed by atoms with van der Waals surface area (Å²) in [6, 6.07) is 3.37. The van der Waals surface area contributed by atoms with E-state index in [4.69, 9.17) is 16.7 Å². The van der Waals surface area contributed by atoms with Gasteiger partial charge in [0.1, 0.15) is 0 Å². The summed E-state index contributed by atoms with van der Waals surface area (Å²) in [6.45, 7) is 0. The van der Waals surface area contributed by atoms with Crippen LogP contribution in [0.1, 0.15) is 0 Å². The van der Waals surface area contributed by atoms with E-state index in [-0.39, 0.29) is 11.0 Å². The fourth-order valence-corrected chi connectivity index (χ4v) is 2.28. The number of hydrogen-bond donors (Lipinski definition) is 2. The quantitative estimate of drug-likeness (QED) is 0.839. The molecule has 0 bridgehead atoms. The van der Waals surface area contributed by atoms with Crippen LogP contribution in [0, 0.1) is 0 Å². The zero-order valence-corrected chi connectivity index (χ0v) is 9.53. The van der Waals surface area contributed by atoms with Crippen molar-refractivity contribution in [1.82, 2.24) is 15.2 Å².